The normalized spacial score (nSPS) is 18.5. The molecule has 2 heterocycles. The second kappa shape index (κ2) is 16.3. The van der Waals surface area contributed by atoms with Gasteiger partial charge in [0, 0.05) is 61.3 Å². The van der Waals surface area contributed by atoms with Gasteiger partial charge in [0.1, 0.15) is 0 Å². The second-order valence-corrected chi connectivity index (χ2v) is 17.5. The number of anilines is 5. The van der Waals surface area contributed by atoms with Gasteiger partial charge in [-0.3, -0.25) is 0 Å². The Morgan fingerprint density at radius 1 is 0.565 bits per heavy atom. The number of para-hydroxylation sites is 2. The van der Waals surface area contributed by atoms with Crippen LogP contribution in [0.4, 0.5) is 28.4 Å². The van der Waals surface area contributed by atoms with E-state index in [4.69, 9.17) is 6.58 Å². The predicted molar refractivity (Wildman–Crippen MR) is 264 cm³/mol. The maximum absolute atomic E-state index is 4.74. The molecule has 62 heavy (non-hydrogen) atoms. The molecule has 0 saturated heterocycles. The molecule has 3 aliphatic rings. The molecule has 0 N–H and O–H groups in total. The Balaban J connectivity index is 1.02. The zero-order valence-corrected chi connectivity index (χ0v) is 35.3. The third-order valence-electron chi connectivity index (χ3n) is 12.8. The summed E-state index contributed by atoms with van der Waals surface area (Å²) in [4.78, 5) is 6.36. The van der Waals surface area contributed by atoms with Crippen LogP contribution in [0.5, 0.6) is 0 Å². The van der Waals surface area contributed by atoms with Crippen molar-refractivity contribution >= 4 is 57.5 Å². The third-order valence-corrected chi connectivity index (χ3v) is 14.0. The Bertz CT molecular complexity index is 3070. The molecular formula is C59H46N2S. The molecule has 1 aromatic heterocycles. The first-order valence-electron chi connectivity index (χ1n) is 21.7. The molecular weight excluding hydrogens is 769 g/mol. The van der Waals surface area contributed by atoms with Gasteiger partial charge in [0.2, 0.25) is 0 Å². The second-order valence-electron chi connectivity index (χ2n) is 16.4. The smallest absolute Gasteiger partial charge is 0.0495 e. The van der Waals surface area contributed by atoms with Crippen LogP contribution >= 0.6 is 11.3 Å². The Morgan fingerprint density at radius 2 is 1.15 bits per heavy atom. The van der Waals surface area contributed by atoms with Gasteiger partial charge in [-0.15, -0.1) is 11.3 Å². The summed E-state index contributed by atoms with van der Waals surface area (Å²) in [5.41, 5.74) is 15.8. The molecule has 3 heteroatoms. The highest BCUT2D eigenvalue weighted by Gasteiger charge is 2.42. The molecule has 3 atom stereocenters. The molecule has 0 amide bonds. The van der Waals surface area contributed by atoms with Crippen molar-refractivity contribution in [2.24, 2.45) is 0 Å². The van der Waals surface area contributed by atoms with E-state index in [1.807, 2.05) is 11.3 Å². The number of benzene rings is 7. The van der Waals surface area contributed by atoms with Crippen molar-refractivity contribution in [1.82, 2.24) is 0 Å². The van der Waals surface area contributed by atoms with Crippen LogP contribution in [0.25, 0.3) is 40.0 Å². The predicted octanol–water partition coefficient (Wildman–Crippen LogP) is 14.5. The lowest BCUT2D eigenvalue weighted by Gasteiger charge is -2.30. The first-order chi connectivity index (χ1) is 30.7. The van der Waals surface area contributed by atoms with E-state index in [0.29, 0.717) is 5.92 Å². The van der Waals surface area contributed by atoms with Crippen molar-refractivity contribution in [3.8, 4) is 22.3 Å². The topological polar surface area (TPSA) is 6.48 Å². The number of allylic oxidation sites excluding steroid dienone is 4. The molecule has 7 aromatic carbocycles. The summed E-state index contributed by atoms with van der Waals surface area (Å²) >= 11 is 1.98. The largest absolute Gasteiger partial charge is 0.337 e. The van der Waals surface area contributed by atoms with Crippen LogP contribution in [0.2, 0.25) is 0 Å². The highest BCUT2D eigenvalue weighted by atomic mass is 32.1. The van der Waals surface area contributed by atoms with E-state index in [0.717, 1.165) is 35.5 Å². The van der Waals surface area contributed by atoms with E-state index >= 15 is 0 Å². The Kier molecular flexibility index (Phi) is 9.96. The van der Waals surface area contributed by atoms with Gasteiger partial charge in [0.25, 0.3) is 0 Å². The fourth-order valence-electron chi connectivity index (χ4n) is 9.81. The highest BCUT2D eigenvalue weighted by molar-refractivity contribution is 7.10. The highest BCUT2D eigenvalue weighted by Crippen LogP contribution is 2.52. The van der Waals surface area contributed by atoms with Crippen LogP contribution in [0, 0.1) is 0 Å². The SMILES string of the molecule is C=C1/C=C\C=C/CC2C(c3cc(-c4ccc(N(c5ccccc5)c5ccc(-c6ccccc6)cc5)cc4)ccc3N2c2ccccc2)c2sc3c(c21)=CC(c1ccccc1)CC=3. The molecule has 3 unspecified atom stereocenters. The zero-order chi connectivity index (χ0) is 41.4. The molecule has 0 saturated carbocycles. The third kappa shape index (κ3) is 6.95. The van der Waals surface area contributed by atoms with E-state index < -0.39 is 0 Å². The first kappa shape index (κ1) is 37.8. The summed E-state index contributed by atoms with van der Waals surface area (Å²) in [6.45, 7) is 4.74. The molecule has 2 aliphatic carbocycles. The summed E-state index contributed by atoms with van der Waals surface area (Å²) in [6.07, 6.45) is 15.9. The van der Waals surface area contributed by atoms with Crippen LogP contribution in [0.3, 0.4) is 0 Å². The molecule has 11 rings (SSSR count). The monoisotopic (exact) mass is 814 g/mol. The van der Waals surface area contributed by atoms with Gasteiger partial charge in [-0.2, -0.15) is 0 Å². The van der Waals surface area contributed by atoms with Crippen molar-refractivity contribution in [2.75, 3.05) is 9.80 Å². The van der Waals surface area contributed by atoms with E-state index in [-0.39, 0.29) is 12.0 Å². The quantitative estimate of drug-likeness (QED) is 0.158. The molecule has 1 aliphatic heterocycles. The molecule has 2 nitrogen and oxygen atoms in total. The van der Waals surface area contributed by atoms with Crippen molar-refractivity contribution < 1.29 is 0 Å². The average Bonchev–Trinajstić information content (AvgIpc) is 3.88. The number of fused-ring (bicyclic) bond motifs is 7. The summed E-state index contributed by atoms with van der Waals surface area (Å²) in [5.74, 6) is 0.482. The summed E-state index contributed by atoms with van der Waals surface area (Å²) in [7, 11) is 0. The zero-order valence-electron chi connectivity index (χ0n) is 34.5. The first-order valence-corrected chi connectivity index (χ1v) is 22.5. The molecule has 0 radical (unpaired) electrons. The van der Waals surface area contributed by atoms with Crippen LogP contribution < -0.4 is 19.6 Å². The van der Waals surface area contributed by atoms with Gasteiger partial charge in [-0.1, -0.05) is 170 Å². The summed E-state index contributed by atoms with van der Waals surface area (Å²) < 4.78 is 1.37. The minimum Gasteiger partial charge on any atom is -0.337 e. The lowest BCUT2D eigenvalue weighted by atomic mass is 9.84. The van der Waals surface area contributed by atoms with Crippen molar-refractivity contribution in [2.45, 2.75) is 30.7 Å². The molecule has 0 bridgehead atoms. The molecule has 0 spiro atoms. The lowest BCUT2D eigenvalue weighted by molar-refractivity contribution is 0.631. The van der Waals surface area contributed by atoms with Crippen molar-refractivity contribution in [3.05, 3.63) is 250 Å². The van der Waals surface area contributed by atoms with E-state index in [2.05, 4.69) is 234 Å². The fourth-order valence-corrected chi connectivity index (χ4v) is 11.3. The summed E-state index contributed by atoms with van der Waals surface area (Å²) in [5, 5.41) is 1.34. The lowest BCUT2D eigenvalue weighted by Crippen LogP contribution is -2.31. The van der Waals surface area contributed by atoms with Crippen LogP contribution in [0.15, 0.2) is 219 Å². The summed E-state index contributed by atoms with van der Waals surface area (Å²) in [6, 6.07) is 68.6. The minimum absolute atomic E-state index is 0.146. The maximum Gasteiger partial charge on any atom is 0.0495 e. The van der Waals surface area contributed by atoms with Gasteiger partial charge in [-0.25, -0.2) is 0 Å². The number of nitrogens with zero attached hydrogens (tertiary/aromatic N) is 2. The van der Waals surface area contributed by atoms with Crippen molar-refractivity contribution in [1.29, 1.82) is 0 Å². The Labute approximate surface area is 368 Å². The van der Waals surface area contributed by atoms with Crippen LogP contribution in [-0.4, -0.2) is 6.04 Å². The van der Waals surface area contributed by atoms with Gasteiger partial charge < -0.3 is 9.80 Å². The number of hydrogen-bond donors (Lipinski definition) is 0. The molecule has 0 fully saturated rings. The Hall–Kier alpha value is -7.20. The minimum atomic E-state index is 0.146. The Morgan fingerprint density at radius 3 is 1.84 bits per heavy atom. The van der Waals surface area contributed by atoms with Crippen molar-refractivity contribution in [3.63, 3.8) is 0 Å². The van der Waals surface area contributed by atoms with Gasteiger partial charge >= 0.3 is 0 Å². The van der Waals surface area contributed by atoms with E-state index in [9.17, 15) is 0 Å². The standard InChI is InChI=1S/C59H46N2S/c1-41-17-7-2-16-26-55-58(59-57(41)53-40-47(32-38-56(53)62-59)43-20-10-4-11-21-43)52-39-46(31-37-54(52)61(55)49-24-14-6-15-25-49)45-29-35-51(36-30-45)60(48-22-12-5-13-23-48)50-33-27-44(28-34-50)42-18-8-3-9-19-42/h2-25,27-31,33-40,47,55,58H,1,26,32H2/b16-2-,17-7-. The van der Waals surface area contributed by atoms with E-state index in [1.165, 1.54) is 64.9 Å². The number of hydrogen-bond acceptors (Lipinski definition) is 3. The maximum atomic E-state index is 4.74. The average molecular weight is 815 g/mol. The van der Waals surface area contributed by atoms with Gasteiger partial charge in [0.05, 0.1) is 0 Å². The number of thiophene rings is 1. The molecule has 8 aromatic rings. The molecule has 298 valence electrons. The van der Waals surface area contributed by atoms with Crippen LogP contribution in [0.1, 0.15) is 46.2 Å². The van der Waals surface area contributed by atoms with E-state index in [1.54, 1.807) is 0 Å². The fraction of sp³-hybridized carbons (Fsp3) is 0.0847. The van der Waals surface area contributed by atoms with Crippen LogP contribution in [-0.2, 0) is 0 Å². The number of rotatable bonds is 7. The van der Waals surface area contributed by atoms with Gasteiger partial charge in [-0.05, 0) is 118 Å². The van der Waals surface area contributed by atoms with Gasteiger partial charge in [0.15, 0.2) is 0 Å².